The number of alkyl carbamates (subject to hydrolysis) is 2. The van der Waals surface area contributed by atoms with Crippen LogP contribution in [0.4, 0.5) is 9.59 Å². The molecule has 0 aliphatic heterocycles. The van der Waals surface area contributed by atoms with E-state index in [4.69, 9.17) is 29.8 Å². The van der Waals surface area contributed by atoms with Gasteiger partial charge in [-0.1, -0.05) is 20.8 Å². The van der Waals surface area contributed by atoms with Crippen LogP contribution in [0.5, 0.6) is 0 Å². The second kappa shape index (κ2) is 16.5. The highest BCUT2D eigenvalue weighted by Crippen LogP contribution is 2.45. The van der Waals surface area contributed by atoms with Gasteiger partial charge in [0.25, 0.3) is 0 Å². The van der Waals surface area contributed by atoms with E-state index in [1.807, 2.05) is 6.92 Å². The molecule has 1 aliphatic carbocycles. The molecule has 20 heteroatoms. The standard InChI is InChI=1S/C32H44N12O8/c1-31(2)12-20(42-30(48)52-11-9-50-22(46)5-7-44-19-41-26(34)24-28(44)39-17-37-24)13-32(3,14-31)15-35-29(47)51-10-8-49-21(45)4-6-43-18-40-25(33)23-27(43)38-16-36-23/h16-20,33-34H,4-15H2,1-3H3,(H,35,47)(H,36,38)(H,37,39)(H,42,48). The molecule has 20 nitrogen and oxygen atoms in total. The van der Waals surface area contributed by atoms with Crippen LogP contribution < -0.4 is 21.6 Å². The summed E-state index contributed by atoms with van der Waals surface area (Å²) in [5.41, 5.74) is 1.58. The lowest BCUT2D eigenvalue weighted by Gasteiger charge is -2.46. The van der Waals surface area contributed by atoms with Crippen LogP contribution in [0.25, 0.3) is 22.3 Å². The number of ether oxygens (including phenoxy) is 4. The summed E-state index contributed by atoms with van der Waals surface area (Å²) in [5, 5.41) is 21.3. The fourth-order valence-electron chi connectivity index (χ4n) is 6.74. The molecule has 0 spiro atoms. The first-order chi connectivity index (χ1) is 24.8. The fraction of sp³-hybridized carbons (Fsp3) is 0.562. The Kier molecular flexibility index (Phi) is 11.9. The number of rotatable bonds is 15. The lowest BCUT2D eigenvalue weighted by Crippen LogP contribution is -2.50. The Bertz CT molecular complexity index is 2020. The normalized spacial score (nSPS) is 18.1. The number of aromatic amines is 2. The van der Waals surface area contributed by atoms with Crippen LogP contribution in [0.15, 0.2) is 25.3 Å². The van der Waals surface area contributed by atoms with Crippen LogP contribution in [0.3, 0.4) is 0 Å². The number of esters is 2. The summed E-state index contributed by atoms with van der Waals surface area (Å²) < 4.78 is 24.1. The largest absolute Gasteiger partial charge is 0.462 e. The molecule has 1 fully saturated rings. The molecule has 5 rings (SSSR count). The summed E-state index contributed by atoms with van der Waals surface area (Å²) in [4.78, 5) is 71.4. The summed E-state index contributed by atoms with van der Waals surface area (Å²) in [6, 6.07) is -0.219. The average molecular weight is 725 g/mol. The fourth-order valence-corrected chi connectivity index (χ4v) is 6.74. The third kappa shape index (κ3) is 10.1. The first kappa shape index (κ1) is 37.4. The summed E-state index contributed by atoms with van der Waals surface area (Å²) in [6.07, 6.45) is 6.68. The molecule has 0 bridgehead atoms. The number of carbonyl (C=O) groups excluding carboxylic acids is 4. The van der Waals surface area contributed by atoms with Crippen molar-refractivity contribution >= 4 is 46.5 Å². The van der Waals surface area contributed by atoms with E-state index in [-0.39, 0.29) is 80.2 Å². The van der Waals surface area contributed by atoms with Gasteiger partial charge in [0.2, 0.25) is 0 Å². The summed E-state index contributed by atoms with van der Waals surface area (Å²) in [6.45, 7) is 6.58. The van der Waals surface area contributed by atoms with E-state index in [1.54, 1.807) is 9.13 Å². The Morgan fingerprint density at radius 3 is 1.81 bits per heavy atom. The van der Waals surface area contributed by atoms with Crippen molar-refractivity contribution in [3.05, 3.63) is 36.3 Å². The second-order valence-electron chi connectivity index (χ2n) is 13.7. The van der Waals surface area contributed by atoms with Crippen molar-refractivity contribution in [2.24, 2.45) is 10.8 Å². The van der Waals surface area contributed by atoms with Crippen molar-refractivity contribution in [3.63, 3.8) is 0 Å². The maximum Gasteiger partial charge on any atom is 0.407 e. The number of aryl methyl sites for hydroxylation is 2. The highest BCUT2D eigenvalue weighted by molar-refractivity contribution is 5.72. The maximum atomic E-state index is 12.6. The van der Waals surface area contributed by atoms with Gasteiger partial charge in [0, 0.05) is 25.7 Å². The summed E-state index contributed by atoms with van der Waals surface area (Å²) in [5.74, 6) is -0.966. The number of hydrogen-bond acceptors (Lipinski definition) is 14. The van der Waals surface area contributed by atoms with Gasteiger partial charge in [-0.25, -0.2) is 29.5 Å². The van der Waals surface area contributed by atoms with E-state index in [2.05, 4.69) is 54.4 Å². The van der Waals surface area contributed by atoms with Gasteiger partial charge in [-0.2, -0.15) is 0 Å². The Morgan fingerprint density at radius 1 is 0.769 bits per heavy atom. The number of carbonyl (C=O) groups is 4. The molecule has 4 aromatic heterocycles. The predicted molar refractivity (Wildman–Crippen MR) is 180 cm³/mol. The molecule has 4 heterocycles. The topological polar surface area (TPSA) is 270 Å². The summed E-state index contributed by atoms with van der Waals surface area (Å²) >= 11 is 0. The number of H-pyrrole nitrogens is 2. The SMILES string of the molecule is CC1(C)CC(NC(=O)OCCOC(=O)CCn2cnc(=N)c3[nH]cnc32)CC(C)(CNC(=O)OCCOC(=O)CCn2cnc(=N)c3[nH]cnc32)C1. The van der Waals surface area contributed by atoms with Gasteiger partial charge in [0.15, 0.2) is 22.3 Å². The van der Waals surface area contributed by atoms with Gasteiger partial charge in [-0.15, -0.1) is 0 Å². The van der Waals surface area contributed by atoms with Gasteiger partial charge in [0.1, 0.15) is 37.5 Å². The molecular weight excluding hydrogens is 680 g/mol. The first-order valence-corrected chi connectivity index (χ1v) is 16.8. The second-order valence-corrected chi connectivity index (χ2v) is 13.7. The van der Waals surface area contributed by atoms with Crippen LogP contribution in [0, 0.1) is 21.6 Å². The van der Waals surface area contributed by atoms with Gasteiger partial charge >= 0.3 is 24.1 Å². The Labute approximate surface area is 297 Å². The molecule has 280 valence electrons. The Balaban J connectivity index is 0.953. The molecule has 0 saturated heterocycles. The zero-order chi connectivity index (χ0) is 37.3. The van der Waals surface area contributed by atoms with Crippen LogP contribution in [0.1, 0.15) is 52.9 Å². The Hall–Kier alpha value is -5.82. The number of aromatic nitrogens is 8. The van der Waals surface area contributed by atoms with E-state index < -0.39 is 24.1 Å². The molecule has 0 aromatic carbocycles. The van der Waals surface area contributed by atoms with Crippen molar-refractivity contribution in [2.45, 2.75) is 72.0 Å². The molecule has 1 aliphatic rings. The molecule has 2 unspecified atom stereocenters. The van der Waals surface area contributed by atoms with E-state index in [1.165, 1.54) is 25.3 Å². The van der Waals surface area contributed by atoms with Crippen LogP contribution >= 0.6 is 0 Å². The van der Waals surface area contributed by atoms with Crippen molar-refractivity contribution in [1.29, 1.82) is 10.8 Å². The highest BCUT2D eigenvalue weighted by Gasteiger charge is 2.42. The lowest BCUT2D eigenvalue weighted by atomic mass is 9.62. The number of imidazole rings is 2. The number of fused-ring (bicyclic) bond motifs is 2. The average Bonchev–Trinajstić information content (AvgIpc) is 3.79. The molecule has 2 amide bonds. The summed E-state index contributed by atoms with van der Waals surface area (Å²) in [7, 11) is 0. The number of amides is 2. The molecule has 52 heavy (non-hydrogen) atoms. The smallest absolute Gasteiger partial charge is 0.407 e. The quantitative estimate of drug-likeness (QED) is 0.0577. The monoisotopic (exact) mass is 724 g/mol. The van der Waals surface area contributed by atoms with Gasteiger partial charge < -0.3 is 48.7 Å². The number of nitrogens with one attached hydrogen (secondary N) is 6. The van der Waals surface area contributed by atoms with E-state index in [0.717, 1.165) is 6.42 Å². The van der Waals surface area contributed by atoms with Crippen LogP contribution in [-0.4, -0.2) is 102 Å². The van der Waals surface area contributed by atoms with Crippen LogP contribution in [-0.2, 0) is 41.6 Å². The highest BCUT2D eigenvalue weighted by atomic mass is 16.6. The minimum Gasteiger partial charge on any atom is -0.462 e. The zero-order valence-corrected chi connectivity index (χ0v) is 29.3. The van der Waals surface area contributed by atoms with Crippen molar-refractivity contribution in [1.82, 2.24) is 49.7 Å². The maximum absolute atomic E-state index is 12.6. The minimum absolute atomic E-state index is 0.0421. The number of hydrogen-bond donors (Lipinski definition) is 6. The zero-order valence-electron chi connectivity index (χ0n) is 29.3. The molecule has 6 N–H and O–H groups in total. The lowest BCUT2D eigenvalue weighted by molar-refractivity contribution is -0.145. The van der Waals surface area contributed by atoms with Crippen molar-refractivity contribution < 1.29 is 38.1 Å². The van der Waals surface area contributed by atoms with Gasteiger partial charge in [0.05, 0.1) is 38.2 Å². The molecule has 1 saturated carbocycles. The molecule has 2 atom stereocenters. The van der Waals surface area contributed by atoms with Crippen LogP contribution in [0.2, 0.25) is 0 Å². The van der Waals surface area contributed by atoms with Crippen molar-refractivity contribution in [3.8, 4) is 0 Å². The molecule has 0 radical (unpaired) electrons. The van der Waals surface area contributed by atoms with E-state index >= 15 is 0 Å². The number of nitrogens with zero attached hydrogens (tertiary/aromatic N) is 6. The first-order valence-electron chi connectivity index (χ1n) is 16.8. The Morgan fingerprint density at radius 2 is 1.27 bits per heavy atom. The third-order valence-electron chi connectivity index (χ3n) is 8.61. The third-order valence-corrected chi connectivity index (χ3v) is 8.61. The van der Waals surface area contributed by atoms with Gasteiger partial charge in [-0.05, 0) is 30.1 Å². The minimum atomic E-state index is -0.646. The predicted octanol–water partition coefficient (Wildman–Crippen LogP) is 1.40. The molecule has 4 aromatic rings. The van der Waals surface area contributed by atoms with Crippen molar-refractivity contribution in [2.75, 3.05) is 33.0 Å². The van der Waals surface area contributed by atoms with E-state index in [9.17, 15) is 19.2 Å². The molecular formula is C32H44N12O8. The van der Waals surface area contributed by atoms with E-state index in [0.29, 0.717) is 41.7 Å². The van der Waals surface area contributed by atoms with Gasteiger partial charge in [-0.3, -0.25) is 20.4 Å².